The van der Waals surface area contributed by atoms with Gasteiger partial charge < -0.3 is 24.4 Å². The van der Waals surface area contributed by atoms with E-state index in [9.17, 15) is 31.1 Å². The van der Waals surface area contributed by atoms with Crippen molar-refractivity contribution < 1.29 is 55.4 Å². The number of benzene rings is 1. The molecule has 1 fully saturated rings. The Hall–Kier alpha value is -4.56. The first kappa shape index (κ1) is 31.0. The SMILES string of the molecule is O=C(O)C(F)(F)F.O=C(O)C(F)(F)F.O=C(c1ccoc1)N1CCC2(C1)CN(Cc1ccccc1)c1cccnc12. The number of halogens is 6. The first-order chi connectivity index (χ1) is 19.1. The summed E-state index contributed by atoms with van der Waals surface area (Å²) in [4.78, 5) is 39.6. The number of carbonyl (C=O) groups is 3. The van der Waals surface area contributed by atoms with Crippen LogP contribution >= 0.6 is 0 Å². The Balaban J connectivity index is 0.000000276. The minimum Gasteiger partial charge on any atom is -0.475 e. The summed E-state index contributed by atoms with van der Waals surface area (Å²) in [6, 6.07) is 16.4. The number of carboxylic acids is 2. The fraction of sp³-hybridized carbons (Fsp3) is 0.308. The average Bonchev–Trinajstić information content (AvgIpc) is 3.65. The molecule has 0 radical (unpaired) electrons. The van der Waals surface area contributed by atoms with Crippen LogP contribution in [0.1, 0.15) is 28.0 Å². The molecule has 2 aliphatic rings. The largest absolute Gasteiger partial charge is 0.490 e. The first-order valence-corrected chi connectivity index (χ1v) is 11.8. The molecular formula is C26H23F6N3O6. The number of rotatable bonds is 3. The number of fused-ring (bicyclic) bond motifs is 2. The number of nitrogens with zero attached hydrogens (tertiary/aromatic N) is 3. The Morgan fingerprint density at radius 3 is 2.05 bits per heavy atom. The van der Waals surface area contributed by atoms with E-state index in [0.717, 1.165) is 31.7 Å². The highest BCUT2D eigenvalue weighted by Crippen LogP contribution is 2.45. The van der Waals surface area contributed by atoms with Gasteiger partial charge in [0, 0.05) is 32.4 Å². The number of alkyl halides is 6. The summed E-state index contributed by atoms with van der Waals surface area (Å²) in [5, 5.41) is 14.2. The lowest BCUT2D eigenvalue weighted by Gasteiger charge is -2.25. The fourth-order valence-corrected chi connectivity index (χ4v) is 4.47. The lowest BCUT2D eigenvalue weighted by atomic mass is 9.85. The molecule has 1 spiro atoms. The number of carboxylic acid groups (broad SMARTS) is 2. The molecule has 1 aromatic carbocycles. The number of aromatic nitrogens is 1. The van der Waals surface area contributed by atoms with Gasteiger partial charge in [-0.15, -0.1) is 0 Å². The van der Waals surface area contributed by atoms with E-state index >= 15 is 0 Å². The maximum Gasteiger partial charge on any atom is 0.490 e. The minimum absolute atomic E-state index is 0.0413. The van der Waals surface area contributed by atoms with E-state index < -0.39 is 24.3 Å². The van der Waals surface area contributed by atoms with Crippen molar-refractivity contribution in [2.45, 2.75) is 30.7 Å². The summed E-state index contributed by atoms with van der Waals surface area (Å²) in [6.07, 6.45) is -4.29. The zero-order valence-corrected chi connectivity index (χ0v) is 21.0. The Morgan fingerprint density at radius 2 is 1.51 bits per heavy atom. The predicted octanol–water partition coefficient (Wildman–Crippen LogP) is 4.75. The van der Waals surface area contributed by atoms with Gasteiger partial charge in [-0.25, -0.2) is 9.59 Å². The molecule has 2 aliphatic heterocycles. The third-order valence-electron chi connectivity index (χ3n) is 6.23. The number of hydrogen-bond acceptors (Lipinski definition) is 6. The average molecular weight is 587 g/mol. The summed E-state index contributed by atoms with van der Waals surface area (Å²) in [5.41, 5.74) is 4.13. The van der Waals surface area contributed by atoms with E-state index in [1.165, 1.54) is 17.5 Å². The number of aliphatic carboxylic acids is 2. The molecule has 41 heavy (non-hydrogen) atoms. The highest BCUT2D eigenvalue weighted by atomic mass is 19.4. The topological polar surface area (TPSA) is 124 Å². The third kappa shape index (κ3) is 7.77. The van der Waals surface area contributed by atoms with Crippen molar-refractivity contribution >= 4 is 23.5 Å². The van der Waals surface area contributed by atoms with Crippen LogP contribution in [0, 0.1) is 0 Å². The van der Waals surface area contributed by atoms with Crippen LogP contribution in [0.25, 0.3) is 0 Å². The molecule has 2 aromatic heterocycles. The van der Waals surface area contributed by atoms with Crippen LogP contribution < -0.4 is 4.90 Å². The molecule has 15 heteroatoms. The number of amides is 1. The van der Waals surface area contributed by atoms with E-state index in [1.807, 2.05) is 23.2 Å². The van der Waals surface area contributed by atoms with Crippen molar-refractivity contribution in [3.05, 3.63) is 84.1 Å². The molecule has 1 amide bonds. The molecule has 1 atom stereocenters. The van der Waals surface area contributed by atoms with E-state index in [4.69, 9.17) is 29.2 Å². The molecule has 1 unspecified atom stereocenters. The van der Waals surface area contributed by atoms with Gasteiger partial charge in [-0.1, -0.05) is 30.3 Å². The van der Waals surface area contributed by atoms with E-state index in [1.54, 1.807) is 12.3 Å². The summed E-state index contributed by atoms with van der Waals surface area (Å²) in [7, 11) is 0. The highest BCUT2D eigenvalue weighted by molar-refractivity contribution is 5.94. The van der Waals surface area contributed by atoms with Crippen molar-refractivity contribution in [2.24, 2.45) is 0 Å². The number of furan rings is 1. The monoisotopic (exact) mass is 587 g/mol. The van der Waals surface area contributed by atoms with Crippen LogP contribution in [0.15, 0.2) is 71.7 Å². The van der Waals surface area contributed by atoms with Gasteiger partial charge >= 0.3 is 24.3 Å². The Bertz CT molecular complexity index is 1320. The normalized spacial score (nSPS) is 17.7. The Morgan fingerprint density at radius 1 is 0.902 bits per heavy atom. The molecule has 4 heterocycles. The van der Waals surface area contributed by atoms with E-state index in [2.05, 4.69) is 35.2 Å². The van der Waals surface area contributed by atoms with Crippen molar-refractivity contribution in [1.82, 2.24) is 9.88 Å². The lowest BCUT2D eigenvalue weighted by molar-refractivity contribution is -0.193. The smallest absolute Gasteiger partial charge is 0.475 e. The van der Waals surface area contributed by atoms with Crippen molar-refractivity contribution in [1.29, 1.82) is 0 Å². The summed E-state index contributed by atoms with van der Waals surface area (Å²) in [5.74, 6) is -5.47. The molecule has 1 saturated heterocycles. The zero-order chi connectivity index (χ0) is 30.4. The second-order valence-electron chi connectivity index (χ2n) is 9.09. The number of likely N-dealkylation sites (tertiary alicyclic amines) is 1. The molecule has 5 rings (SSSR count). The number of pyridine rings is 1. The van der Waals surface area contributed by atoms with Gasteiger partial charge in [-0.3, -0.25) is 9.78 Å². The van der Waals surface area contributed by atoms with Crippen molar-refractivity contribution in [3.63, 3.8) is 0 Å². The molecule has 3 aromatic rings. The zero-order valence-electron chi connectivity index (χ0n) is 21.0. The highest BCUT2D eigenvalue weighted by Gasteiger charge is 2.49. The van der Waals surface area contributed by atoms with Crippen molar-refractivity contribution in [3.8, 4) is 0 Å². The van der Waals surface area contributed by atoms with E-state index in [0.29, 0.717) is 12.1 Å². The van der Waals surface area contributed by atoms with Gasteiger partial charge in [0.25, 0.3) is 5.91 Å². The third-order valence-corrected chi connectivity index (χ3v) is 6.23. The quantitative estimate of drug-likeness (QED) is 0.421. The number of hydrogen-bond donors (Lipinski definition) is 2. The van der Waals surface area contributed by atoms with Gasteiger partial charge in [-0.2, -0.15) is 26.3 Å². The molecule has 220 valence electrons. The summed E-state index contributed by atoms with van der Waals surface area (Å²) in [6.45, 7) is 3.20. The molecule has 2 N–H and O–H groups in total. The van der Waals surface area contributed by atoms with Gasteiger partial charge in [0.1, 0.15) is 6.26 Å². The van der Waals surface area contributed by atoms with Crippen LogP contribution in [0.5, 0.6) is 0 Å². The maximum atomic E-state index is 12.8. The standard InChI is InChI=1S/C22H21N3O2.2C2HF3O2/c26-21(18-8-12-27-14-18)24-11-9-22(15-24)16-25(13-17-5-2-1-3-6-17)19-7-4-10-23-20(19)22;2*3-2(4,5)1(6)7/h1-8,10,12,14H,9,11,13,15-16H2;2*(H,6,7). The van der Waals surface area contributed by atoms with Crippen molar-refractivity contribution in [2.75, 3.05) is 24.5 Å². The van der Waals surface area contributed by atoms with Gasteiger partial charge in [0.2, 0.25) is 0 Å². The van der Waals surface area contributed by atoms with Crippen LogP contribution in [0.4, 0.5) is 32.0 Å². The van der Waals surface area contributed by atoms with Gasteiger partial charge in [0.05, 0.1) is 28.6 Å². The maximum absolute atomic E-state index is 12.8. The van der Waals surface area contributed by atoms with Gasteiger partial charge in [0.15, 0.2) is 0 Å². The first-order valence-electron chi connectivity index (χ1n) is 11.8. The van der Waals surface area contributed by atoms with E-state index in [-0.39, 0.29) is 11.3 Å². The van der Waals surface area contributed by atoms with Crippen LogP contribution in [-0.4, -0.2) is 69.9 Å². The second kappa shape index (κ2) is 12.3. The molecule has 0 bridgehead atoms. The van der Waals surface area contributed by atoms with Crippen LogP contribution in [0.2, 0.25) is 0 Å². The van der Waals surface area contributed by atoms with Crippen LogP contribution in [0.3, 0.4) is 0 Å². The lowest BCUT2D eigenvalue weighted by Crippen LogP contribution is -2.38. The fourth-order valence-electron chi connectivity index (χ4n) is 4.47. The number of carbonyl (C=O) groups excluding carboxylic acids is 1. The molecular weight excluding hydrogens is 564 g/mol. The van der Waals surface area contributed by atoms with Crippen LogP contribution in [-0.2, 0) is 21.5 Å². The van der Waals surface area contributed by atoms with Gasteiger partial charge in [-0.05, 0) is 30.2 Å². The summed E-state index contributed by atoms with van der Waals surface area (Å²) < 4.78 is 68.6. The number of anilines is 1. The summed E-state index contributed by atoms with van der Waals surface area (Å²) >= 11 is 0. The molecule has 0 saturated carbocycles. The second-order valence-corrected chi connectivity index (χ2v) is 9.09. The predicted molar refractivity (Wildman–Crippen MR) is 130 cm³/mol. The Kier molecular flexibility index (Phi) is 9.30. The minimum atomic E-state index is -5.08. The Labute approximate surface area is 228 Å². The molecule has 0 aliphatic carbocycles. The molecule has 9 nitrogen and oxygen atoms in total.